The molecule has 14 heavy (non-hydrogen) atoms. The first kappa shape index (κ1) is 11.0. The van der Waals surface area contributed by atoms with Crippen molar-refractivity contribution in [3.8, 4) is 5.75 Å². The maximum absolute atomic E-state index is 13.6. The molecule has 0 saturated heterocycles. The van der Waals surface area contributed by atoms with Crippen LogP contribution in [-0.2, 0) is 0 Å². The van der Waals surface area contributed by atoms with Gasteiger partial charge in [0.25, 0.3) is 0 Å². The van der Waals surface area contributed by atoms with E-state index in [1.54, 1.807) is 18.2 Å². The Bertz CT molecular complexity index is 352. The molecule has 0 atom stereocenters. The minimum Gasteiger partial charge on any atom is -0.494 e. The second-order valence-corrected chi connectivity index (χ2v) is 3.02. The Kier molecular flexibility index (Phi) is 3.92. The van der Waals surface area contributed by atoms with Gasteiger partial charge in [-0.05, 0) is 12.1 Å². The zero-order valence-electron chi connectivity index (χ0n) is 7.76. The Morgan fingerprint density at radius 2 is 2.29 bits per heavy atom. The second kappa shape index (κ2) is 4.98. The van der Waals surface area contributed by atoms with Gasteiger partial charge in [-0.1, -0.05) is 23.8 Å². The molecule has 1 aromatic rings. The summed E-state index contributed by atoms with van der Waals surface area (Å²) in [6.07, 6.45) is 3.17. The monoisotopic (exact) mass is 215 g/mol. The predicted molar refractivity (Wildman–Crippen MR) is 56.1 cm³/mol. The van der Waals surface area contributed by atoms with Gasteiger partial charge in [0.05, 0.1) is 12.1 Å². The Morgan fingerprint density at radius 1 is 1.57 bits per heavy atom. The van der Waals surface area contributed by atoms with Crippen LogP contribution in [0.5, 0.6) is 5.75 Å². The quantitative estimate of drug-likeness (QED) is 0.841. The Balaban J connectivity index is 3.18. The smallest absolute Gasteiger partial charge is 0.173 e. The highest BCUT2D eigenvalue weighted by molar-refractivity contribution is 6.32. The molecule has 0 aliphatic heterocycles. The fourth-order valence-corrected chi connectivity index (χ4v) is 1.25. The molecule has 0 heterocycles. The molecule has 0 unspecified atom stereocenters. The van der Waals surface area contributed by atoms with Gasteiger partial charge in [-0.15, -0.1) is 0 Å². The van der Waals surface area contributed by atoms with Crippen LogP contribution in [0.1, 0.15) is 5.56 Å². The molecule has 76 valence electrons. The number of hydrogen-bond acceptors (Lipinski definition) is 2. The molecule has 0 bridgehead atoms. The van der Waals surface area contributed by atoms with Crippen molar-refractivity contribution in [3.05, 3.63) is 34.6 Å². The summed E-state index contributed by atoms with van der Waals surface area (Å²) >= 11 is 5.81. The van der Waals surface area contributed by atoms with E-state index in [0.717, 1.165) is 0 Å². The van der Waals surface area contributed by atoms with Crippen molar-refractivity contribution in [2.45, 2.75) is 0 Å². The van der Waals surface area contributed by atoms with Gasteiger partial charge in [0, 0.05) is 12.1 Å². The summed E-state index contributed by atoms with van der Waals surface area (Å²) in [7, 11) is 1.41. The van der Waals surface area contributed by atoms with Crippen molar-refractivity contribution in [1.29, 1.82) is 0 Å². The van der Waals surface area contributed by atoms with Gasteiger partial charge in [0.1, 0.15) is 0 Å². The van der Waals surface area contributed by atoms with Gasteiger partial charge in [-0.3, -0.25) is 0 Å². The normalized spacial score (nSPS) is 10.9. The van der Waals surface area contributed by atoms with Gasteiger partial charge >= 0.3 is 0 Å². The molecule has 0 spiro atoms. The number of hydrogen-bond donors (Lipinski definition) is 1. The molecule has 2 N–H and O–H groups in total. The number of methoxy groups -OCH3 is 1. The Labute approximate surface area is 87.1 Å². The molecule has 1 rings (SSSR count). The molecule has 2 nitrogen and oxygen atoms in total. The molecular formula is C10H11ClFNO. The van der Waals surface area contributed by atoms with E-state index in [1.807, 2.05) is 0 Å². The number of ether oxygens (including phenoxy) is 1. The lowest BCUT2D eigenvalue weighted by atomic mass is 10.2. The largest absolute Gasteiger partial charge is 0.494 e. The van der Waals surface area contributed by atoms with Crippen LogP contribution in [0.15, 0.2) is 18.2 Å². The van der Waals surface area contributed by atoms with E-state index in [9.17, 15) is 4.39 Å². The van der Waals surface area contributed by atoms with Gasteiger partial charge in [0.15, 0.2) is 11.6 Å². The zero-order chi connectivity index (χ0) is 10.6. The molecule has 0 radical (unpaired) electrons. The van der Waals surface area contributed by atoms with Crippen LogP contribution in [0.4, 0.5) is 4.39 Å². The highest BCUT2D eigenvalue weighted by Crippen LogP contribution is 2.27. The zero-order valence-corrected chi connectivity index (χ0v) is 8.51. The molecule has 1 aromatic carbocycles. The van der Waals surface area contributed by atoms with Crippen molar-refractivity contribution >= 4 is 17.7 Å². The van der Waals surface area contributed by atoms with Crippen LogP contribution < -0.4 is 10.5 Å². The van der Waals surface area contributed by atoms with Crippen LogP contribution in [0, 0.1) is 5.82 Å². The van der Waals surface area contributed by atoms with Gasteiger partial charge in [-0.25, -0.2) is 4.39 Å². The van der Waals surface area contributed by atoms with Crippen molar-refractivity contribution in [2.75, 3.05) is 13.7 Å². The van der Waals surface area contributed by atoms with E-state index in [0.29, 0.717) is 17.1 Å². The third-order valence-electron chi connectivity index (χ3n) is 1.73. The van der Waals surface area contributed by atoms with Crippen LogP contribution in [0.2, 0.25) is 5.02 Å². The average molecular weight is 216 g/mol. The topological polar surface area (TPSA) is 35.2 Å². The summed E-state index contributed by atoms with van der Waals surface area (Å²) in [5.74, 6) is -0.296. The third-order valence-corrected chi connectivity index (χ3v) is 2.06. The first-order chi connectivity index (χ1) is 6.70. The fourth-order valence-electron chi connectivity index (χ4n) is 1.05. The van der Waals surface area contributed by atoms with Crippen molar-refractivity contribution in [2.24, 2.45) is 5.73 Å². The van der Waals surface area contributed by atoms with Crippen LogP contribution >= 0.6 is 11.6 Å². The minimum absolute atomic E-state index is 0.172. The Hall–Kier alpha value is -1.06. The lowest BCUT2D eigenvalue weighted by Crippen LogP contribution is -1.94. The van der Waals surface area contributed by atoms with E-state index in [4.69, 9.17) is 22.1 Å². The number of rotatable bonds is 3. The van der Waals surface area contributed by atoms with E-state index in [1.165, 1.54) is 13.2 Å². The van der Waals surface area contributed by atoms with Crippen molar-refractivity contribution in [3.63, 3.8) is 0 Å². The van der Waals surface area contributed by atoms with Gasteiger partial charge in [0.2, 0.25) is 0 Å². The molecule has 0 aliphatic carbocycles. The first-order valence-electron chi connectivity index (χ1n) is 4.09. The maximum Gasteiger partial charge on any atom is 0.173 e. The summed E-state index contributed by atoms with van der Waals surface area (Å²) in [4.78, 5) is 0. The molecule has 0 aromatic heterocycles. The molecule has 0 saturated carbocycles. The summed E-state index contributed by atoms with van der Waals surface area (Å²) < 4.78 is 18.4. The number of halogens is 2. The molecule has 0 fully saturated rings. The molecule has 4 heteroatoms. The molecular weight excluding hydrogens is 205 g/mol. The van der Waals surface area contributed by atoms with E-state index < -0.39 is 5.82 Å². The molecule has 0 amide bonds. The van der Waals surface area contributed by atoms with E-state index in [2.05, 4.69) is 0 Å². The lowest BCUT2D eigenvalue weighted by Gasteiger charge is -2.05. The summed E-state index contributed by atoms with van der Waals surface area (Å²) in [6, 6.07) is 3.07. The third kappa shape index (κ3) is 2.25. The summed E-state index contributed by atoms with van der Waals surface area (Å²) in [6.45, 7) is 0.340. The highest BCUT2D eigenvalue weighted by atomic mass is 35.5. The van der Waals surface area contributed by atoms with Crippen molar-refractivity contribution < 1.29 is 9.13 Å². The predicted octanol–water partition coefficient (Wildman–Crippen LogP) is 2.46. The highest BCUT2D eigenvalue weighted by Gasteiger charge is 2.09. The summed E-state index contributed by atoms with van der Waals surface area (Å²) in [5, 5.41) is 0.341. The first-order valence-corrected chi connectivity index (χ1v) is 4.47. The standard InChI is InChI=1S/C10H11ClFNO/c1-14-9-5-4-8(11)7(10(9)12)3-2-6-13/h2-5H,6,13H2,1H3/b3-2+. The van der Waals surface area contributed by atoms with E-state index >= 15 is 0 Å². The van der Waals surface area contributed by atoms with Gasteiger partial charge in [-0.2, -0.15) is 0 Å². The lowest BCUT2D eigenvalue weighted by molar-refractivity contribution is 0.386. The van der Waals surface area contributed by atoms with Crippen molar-refractivity contribution in [1.82, 2.24) is 0 Å². The Morgan fingerprint density at radius 3 is 2.86 bits per heavy atom. The van der Waals surface area contributed by atoms with Gasteiger partial charge < -0.3 is 10.5 Å². The second-order valence-electron chi connectivity index (χ2n) is 2.62. The van der Waals surface area contributed by atoms with Crippen LogP contribution in [0.25, 0.3) is 6.08 Å². The van der Waals surface area contributed by atoms with Crippen LogP contribution in [-0.4, -0.2) is 13.7 Å². The van der Waals surface area contributed by atoms with Crippen LogP contribution in [0.3, 0.4) is 0 Å². The average Bonchev–Trinajstić information content (AvgIpc) is 2.18. The number of nitrogens with two attached hydrogens (primary N) is 1. The molecule has 0 aliphatic rings. The fraction of sp³-hybridized carbons (Fsp3) is 0.200. The van der Waals surface area contributed by atoms with E-state index in [-0.39, 0.29) is 5.75 Å². The summed E-state index contributed by atoms with van der Waals surface area (Å²) in [5.41, 5.74) is 5.57. The minimum atomic E-state index is -0.468. The SMILES string of the molecule is COc1ccc(Cl)c(/C=C/CN)c1F. The maximum atomic E-state index is 13.6. The number of benzene rings is 1.